The zero-order valence-corrected chi connectivity index (χ0v) is 18.4. The van der Waals surface area contributed by atoms with Crippen LogP contribution in [0.2, 0.25) is 0 Å². The van der Waals surface area contributed by atoms with Crippen LogP contribution in [-0.4, -0.2) is 68.9 Å². The first-order valence-corrected chi connectivity index (χ1v) is 11.2. The standard InChI is InChI=1S/C23H36N4O3/c1-18(28)26-20-8-6-19(7-9-20)10-13-25-23(24-2)27-14-11-21(12-15-27)30-17-22-5-3-4-16-29-22/h6-9,21-22H,3-5,10-17H2,1-2H3,(H,24,25)(H,26,28). The summed E-state index contributed by atoms with van der Waals surface area (Å²) in [6.07, 6.45) is 7.14. The van der Waals surface area contributed by atoms with Crippen LogP contribution in [-0.2, 0) is 20.7 Å². The molecule has 2 heterocycles. The molecule has 30 heavy (non-hydrogen) atoms. The van der Waals surface area contributed by atoms with E-state index in [1.54, 1.807) is 0 Å². The van der Waals surface area contributed by atoms with Gasteiger partial charge in [0.05, 0.1) is 18.8 Å². The van der Waals surface area contributed by atoms with Crippen molar-refractivity contribution in [3.05, 3.63) is 29.8 Å². The number of piperidine rings is 1. The van der Waals surface area contributed by atoms with E-state index in [-0.39, 0.29) is 5.91 Å². The Morgan fingerprint density at radius 3 is 2.60 bits per heavy atom. The molecule has 7 heteroatoms. The van der Waals surface area contributed by atoms with E-state index in [9.17, 15) is 4.79 Å². The molecular formula is C23H36N4O3. The van der Waals surface area contributed by atoms with Crippen molar-refractivity contribution >= 4 is 17.6 Å². The van der Waals surface area contributed by atoms with Gasteiger partial charge in [0.2, 0.25) is 5.91 Å². The van der Waals surface area contributed by atoms with Crippen LogP contribution in [0.5, 0.6) is 0 Å². The van der Waals surface area contributed by atoms with Gasteiger partial charge in [-0.15, -0.1) is 0 Å². The number of anilines is 1. The van der Waals surface area contributed by atoms with Crippen LogP contribution in [0.3, 0.4) is 0 Å². The number of nitrogens with zero attached hydrogens (tertiary/aromatic N) is 2. The first-order valence-electron chi connectivity index (χ1n) is 11.2. The van der Waals surface area contributed by atoms with Crippen LogP contribution in [0.15, 0.2) is 29.3 Å². The molecule has 2 fully saturated rings. The van der Waals surface area contributed by atoms with Gasteiger partial charge in [0.15, 0.2) is 5.96 Å². The fraction of sp³-hybridized carbons (Fsp3) is 0.652. The topological polar surface area (TPSA) is 75.2 Å². The molecule has 0 aliphatic carbocycles. The average molecular weight is 417 g/mol. The molecule has 1 aromatic carbocycles. The van der Waals surface area contributed by atoms with Crippen molar-refractivity contribution in [2.45, 2.75) is 57.7 Å². The molecule has 2 N–H and O–H groups in total. The van der Waals surface area contributed by atoms with Crippen LogP contribution < -0.4 is 10.6 Å². The van der Waals surface area contributed by atoms with Gasteiger partial charge in [-0.05, 0) is 56.2 Å². The minimum Gasteiger partial charge on any atom is -0.376 e. The van der Waals surface area contributed by atoms with Crippen molar-refractivity contribution in [2.75, 3.05) is 45.2 Å². The Morgan fingerprint density at radius 2 is 1.97 bits per heavy atom. The lowest BCUT2D eigenvalue weighted by Gasteiger charge is -2.35. The smallest absolute Gasteiger partial charge is 0.221 e. The Kier molecular flexibility index (Phi) is 8.96. The fourth-order valence-electron chi connectivity index (χ4n) is 4.03. The van der Waals surface area contributed by atoms with E-state index in [2.05, 4.69) is 32.7 Å². The number of benzene rings is 1. The number of amides is 1. The second-order valence-corrected chi connectivity index (χ2v) is 8.11. The van der Waals surface area contributed by atoms with Crippen molar-refractivity contribution < 1.29 is 14.3 Å². The monoisotopic (exact) mass is 416 g/mol. The summed E-state index contributed by atoms with van der Waals surface area (Å²) < 4.78 is 11.9. The maximum absolute atomic E-state index is 11.1. The van der Waals surface area contributed by atoms with Gasteiger partial charge in [-0.2, -0.15) is 0 Å². The summed E-state index contributed by atoms with van der Waals surface area (Å²) in [5.74, 6) is 0.906. The van der Waals surface area contributed by atoms with Gasteiger partial charge >= 0.3 is 0 Å². The number of aliphatic imine (C=N–C) groups is 1. The molecule has 0 spiro atoms. The molecule has 2 saturated heterocycles. The van der Waals surface area contributed by atoms with E-state index < -0.39 is 0 Å². The number of likely N-dealkylation sites (tertiary alicyclic amines) is 1. The van der Waals surface area contributed by atoms with Crippen molar-refractivity contribution in [1.29, 1.82) is 0 Å². The molecule has 166 valence electrons. The molecular weight excluding hydrogens is 380 g/mol. The maximum Gasteiger partial charge on any atom is 0.221 e. The lowest BCUT2D eigenvalue weighted by Crippen LogP contribution is -2.47. The van der Waals surface area contributed by atoms with Crippen LogP contribution >= 0.6 is 0 Å². The number of guanidine groups is 1. The predicted molar refractivity (Wildman–Crippen MR) is 120 cm³/mol. The van der Waals surface area contributed by atoms with Gasteiger partial charge in [0.1, 0.15) is 0 Å². The third-order valence-corrected chi connectivity index (χ3v) is 5.72. The SMILES string of the molecule is CN=C(NCCc1ccc(NC(C)=O)cc1)N1CCC(OCC2CCCCO2)CC1. The molecule has 7 nitrogen and oxygen atoms in total. The zero-order valence-electron chi connectivity index (χ0n) is 18.4. The molecule has 0 radical (unpaired) electrons. The molecule has 1 aromatic rings. The number of carbonyl (C=O) groups is 1. The number of rotatable bonds is 7. The maximum atomic E-state index is 11.1. The highest BCUT2D eigenvalue weighted by atomic mass is 16.5. The van der Waals surface area contributed by atoms with Gasteiger partial charge < -0.3 is 25.0 Å². The van der Waals surface area contributed by atoms with Crippen molar-refractivity contribution in [2.24, 2.45) is 4.99 Å². The molecule has 2 aliphatic heterocycles. The highest BCUT2D eigenvalue weighted by Gasteiger charge is 2.23. The molecule has 2 aliphatic rings. The van der Waals surface area contributed by atoms with Crippen molar-refractivity contribution in [3.8, 4) is 0 Å². The Morgan fingerprint density at radius 1 is 1.20 bits per heavy atom. The van der Waals surface area contributed by atoms with Gasteiger partial charge in [0, 0.05) is 45.9 Å². The summed E-state index contributed by atoms with van der Waals surface area (Å²) in [5.41, 5.74) is 2.05. The van der Waals surface area contributed by atoms with E-state index in [4.69, 9.17) is 9.47 Å². The molecule has 0 saturated carbocycles. The van der Waals surface area contributed by atoms with Gasteiger partial charge in [-0.1, -0.05) is 12.1 Å². The summed E-state index contributed by atoms with van der Waals surface area (Å²) in [4.78, 5) is 17.9. The predicted octanol–water partition coefficient (Wildman–Crippen LogP) is 2.81. The average Bonchev–Trinajstić information content (AvgIpc) is 2.77. The first kappa shape index (κ1) is 22.6. The summed E-state index contributed by atoms with van der Waals surface area (Å²) in [7, 11) is 1.84. The van der Waals surface area contributed by atoms with Gasteiger partial charge in [0.25, 0.3) is 0 Å². The van der Waals surface area contributed by atoms with Crippen molar-refractivity contribution in [3.63, 3.8) is 0 Å². The Balaban J connectivity index is 1.34. The minimum atomic E-state index is -0.0512. The normalized spacial score (nSPS) is 20.8. The quantitative estimate of drug-likeness (QED) is 0.528. The molecule has 0 bridgehead atoms. The Bertz CT molecular complexity index is 678. The third kappa shape index (κ3) is 7.29. The number of hydrogen-bond donors (Lipinski definition) is 2. The van der Waals surface area contributed by atoms with E-state index >= 15 is 0 Å². The lowest BCUT2D eigenvalue weighted by atomic mass is 10.1. The van der Waals surface area contributed by atoms with E-state index in [1.165, 1.54) is 25.3 Å². The molecule has 1 amide bonds. The molecule has 0 aromatic heterocycles. The highest BCUT2D eigenvalue weighted by Crippen LogP contribution is 2.18. The minimum absolute atomic E-state index is 0.0512. The Hall–Kier alpha value is -2.12. The summed E-state index contributed by atoms with van der Waals surface area (Å²) in [6.45, 7) is 5.88. The molecule has 1 atom stereocenters. The highest BCUT2D eigenvalue weighted by molar-refractivity contribution is 5.88. The summed E-state index contributed by atoms with van der Waals surface area (Å²) in [6, 6.07) is 7.98. The largest absolute Gasteiger partial charge is 0.376 e. The summed E-state index contributed by atoms with van der Waals surface area (Å²) in [5, 5.41) is 6.27. The number of nitrogens with one attached hydrogen (secondary N) is 2. The fourth-order valence-corrected chi connectivity index (χ4v) is 4.03. The summed E-state index contributed by atoms with van der Waals surface area (Å²) >= 11 is 0. The second-order valence-electron chi connectivity index (χ2n) is 8.11. The van der Waals surface area contributed by atoms with Crippen LogP contribution in [0.25, 0.3) is 0 Å². The number of ether oxygens (including phenoxy) is 2. The Labute approximate surface area is 180 Å². The number of hydrogen-bond acceptors (Lipinski definition) is 4. The number of carbonyl (C=O) groups excluding carboxylic acids is 1. The van der Waals surface area contributed by atoms with E-state index in [0.29, 0.717) is 12.2 Å². The zero-order chi connectivity index (χ0) is 21.2. The molecule has 1 unspecified atom stereocenters. The van der Waals surface area contributed by atoms with Crippen LogP contribution in [0, 0.1) is 0 Å². The van der Waals surface area contributed by atoms with Crippen LogP contribution in [0.1, 0.15) is 44.6 Å². The lowest BCUT2D eigenvalue weighted by molar-refractivity contribution is -0.114. The van der Waals surface area contributed by atoms with Crippen molar-refractivity contribution in [1.82, 2.24) is 10.2 Å². The first-order chi connectivity index (χ1) is 14.6. The van der Waals surface area contributed by atoms with Gasteiger partial charge in [-0.3, -0.25) is 9.79 Å². The molecule has 3 rings (SSSR count). The second kappa shape index (κ2) is 11.9. The van der Waals surface area contributed by atoms with Gasteiger partial charge in [-0.25, -0.2) is 0 Å². The van der Waals surface area contributed by atoms with Crippen LogP contribution in [0.4, 0.5) is 5.69 Å². The third-order valence-electron chi connectivity index (χ3n) is 5.72. The van der Waals surface area contributed by atoms with E-state index in [0.717, 1.165) is 70.2 Å². The van der Waals surface area contributed by atoms with E-state index in [1.807, 2.05) is 19.2 Å².